The molecule has 0 unspecified atom stereocenters. The number of phenols is 2. The van der Waals surface area contributed by atoms with Crippen LogP contribution in [0.15, 0.2) is 23.8 Å². The number of aliphatic hydroxyl groups excluding tert-OH is 2. The summed E-state index contributed by atoms with van der Waals surface area (Å²) >= 11 is 0. The van der Waals surface area contributed by atoms with E-state index < -0.39 is 69.8 Å². The molecule has 248 valence electrons. The van der Waals surface area contributed by atoms with E-state index in [-0.39, 0.29) is 54.3 Å². The lowest BCUT2D eigenvalue weighted by Crippen LogP contribution is -2.67. The van der Waals surface area contributed by atoms with Crippen LogP contribution in [0.3, 0.4) is 0 Å². The summed E-state index contributed by atoms with van der Waals surface area (Å²) in [6.07, 6.45) is 0.143. The molecule has 3 saturated carbocycles. The molecule has 0 aromatic heterocycles. The fourth-order valence-electron chi connectivity index (χ4n) is 11.7. The van der Waals surface area contributed by atoms with E-state index in [2.05, 4.69) is 0 Å². The number of hydrogen-bond acceptors (Lipinski definition) is 9. The summed E-state index contributed by atoms with van der Waals surface area (Å²) in [7, 11) is 0. The highest BCUT2D eigenvalue weighted by Crippen LogP contribution is 2.72. The van der Waals surface area contributed by atoms with Crippen molar-refractivity contribution in [1.82, 2.24) is 0 Å². The minimum absolute atomic E-state index is 0.0909. The molecule has 0 spiro atoms. The third-order valence-electron chi connectivity index (χ3n) is 14.3. The maximum atomic E-state index is 14.4. The molecule has 0 bridgehead atoms. The average Bonchev–Trinajstić information content (AvgIpc) is 3.34. The predicted octanol–water partition coefficient (Wildman–Crippen LogP) is 3.09. The molecule has 0 amide bonds. The number of phenolic OH excluding ortho intramolecular Hbond substituents is 2. The minimum atomic E-state index is -1.61. The van der Waals surface area contributed by atoms with Crippen molar-refractivity contribution >= 4 is 5.78 Å². The number of carbonyl (C=O) groups excluding carboxylic acids is 1. The van der Waals surface area contributed by atoms with Gasteiger partial charge in [-0.15, -0.1) is 0 Å². The Balaban J connectivity index is 1.30. The summed E-state index contributed by atoms with van der Waals surface area (Å²) in [5.41, 5.74) is -4.51. The van der Waals surface area contributed by atoms with Gasteiger partial charge in [-0.1, -0.05) is 34.6 Å². The van der Waals surface area contributed by atoms with E-state index in [1.807, 2.05) is 34.6 Å². The SMILES string of the molecule is CC(C)[C@H](C)[C@H](O)[C@@H]1O[C@H]2C[C@@]3(O)C4=CC(=O)[C@@H]5[C@H]6c7cc(O)cc(O)c7CC[C@]6(O)[C@@H](O)C[C@]5(C)[C@H]4CC[C@]3(C)[C@H]2[C@@]1(C)O. The zero-order valence-corrected chi connectivity index (χ0v) is 27.2. The Labute approximate surface area is 264 Å². The molecular weight excluding hydrogens is 576 g/mol. The van der Waals surface area contributed by atoms with Crippen LogP contribution in [0.5, 0.6) is 11.5 Å². The van der Waals surface area contributed by atoms with Crippen LogP contribution in [-0.4, -0.2) is 82.7 Å². The summed E-state index contributed by atoms with van der Waals surface area (Å²) in [6, 6.07) is 2.77. The Kier molecular flexibility index (Phi) is 6.70. The lowest BCUT2D eigenvalue weighted by Gasteiger charge is -2.64. The maximum Gasteiger partial charge on any atom is 0.160 e. The smallest absolute Gasteiger partial charge is 0.160 e. The number of rotatable bonds is 3. The van der Waals surface area contributed by atoms with Crippen molar-refractivity contribution in [3.8, 4) is 11.5 Å². The second-order valence-corrected chi connectivity index (χ2v) is 16.7. The number of fused-ring (bicyclic) bond motifs is 11. The Morgan fingerprint density at radius 2 is 1.67 bits per heavy atom. The first-order chi connectivity index (χ1) is 20.8. The maximum absolute atomic E-state index is 14.4. The Bertz CT molecular complexity index is 1470. The molecule has 14 atom stereocenters. The molecule has 0 radical (unpaired) electrons. The fraction of sp³-hybridized carbons (Fsp3) is 0.750. The summed E-state index contributed by atoms with van der Waals surface area (Å²) in [5.74, 6) is -2.80. The average molecular weight is 627 g/mol. The summed E-state index contributed by atoms with van der Waals surface area (Å²) in [6.45, 7) is 11.7. The van der Waals surface area contributed by atoms with Crippen molar-refractivity contribution < 1.29 is 45.3 Å². The van der Waals surface area contributed by atoms with E-state index >= 15 is 0 Å². The van der Waals surface area contributed by atoms with Gasteiger partial charge in [-0.05, 0) is 91.0 Å². The third kappa shape index (κ3) is 3.80. The van der Waals surface area contributed by atoms with Crippen molar-refractivity contribution in [2.75, 3.05) is 0 Å². The Hall–Kier alpha value is -2.01. The van der Waals surface area contributed by atoms with Gasteiger partial charge in [0.15, 0.2) is 5.78 Å². The fourth-order valence-corrected chi connectivity index (χ4v) is 11.7. The second kappa shape index (κ2) is 9.54. The number of ketones is 1. The predicted molar refractivity (Wildman–Crippen MR) is 164 cm³/mol. The van der Waals surface area contributed by atoms with Crippen LogP contribution in [0.2, 0.25) is 0 Å². The van der Waals surface area contributed by atoms with E-state index in [1.165, 1.54) is 12.1 Å². The molecule has 4 fully saturated rings. The van der Waals surface area contributed by atoms with Crippen molar-refractivity contribution in [1.29, 1.82) is 0 Å². The van der Waals surface area contributed by atoms with Crippen LogP contribution < -0.4 is 0 Å². The monoisotopic (exact) mass is 626 g/mol. The summed E-state index contributed by atoms with van der Waals surface area (Å²) < 4.78 is 6.46. The van der Waals surface area contributed by atoms with Gasteiger partial charge in [0.05, 0.1) is 35.1 Å². The van der Waals surface area contributed by atoms with Gasteiger partial charge in [0.2, 0.25) is 0 Å². The molecule has 1 heterocycles. The van der Waals surface area contributed by atoms with Gasteiger partial charge in [-0.25, -0.2) is 0 Å². The molecule has 1 aromatic carbocycles. The van der Waals surface area contributed by atoms with Crippen molar-refractivity contribution in [2.24, 2.45) is 40.4 Å². The quantitative estimate of drug-likeness (QED) is 0.267. The van der Waals surface area contributed by atoms with E-state index in [4.69, 9.17) is 4.74 Å². The summed E-state index contributed by atoms with van der Waals surface area (Å²) in [5, 5.41) is 80.9. The molecule has 1 aliphatic heterocycles. The lowest BCUT2D eigenvalue weighted by molar-refractivity contribution is -0.200. The van der Waals surface area contributed by atoms with Gasteiger partial charge >= 0.3 is 0 Å². The van der Waals surface area contributed by atoms with E-state index in [0.29, 0.717) is 36.0 Å². The number of benzene rings is 1. The molecule has 9 heteroatoms. The number of hydrogen-bond donors (Lipinski definition) is 7. The highest BCUT2D eigenvalue weighted by Gasteiger charge is 2.76. The van der Waals surface area contributed by atoms with Gasteiger partial charge in [-0.2, -0.15) is 0 Å². The standard InChI is InChI=1S/C36H50O9/c1-16(2)17(3)29(41)31-34(6,42)30-25(45-31)14-36(44)22-13-24(39)28-27-20-11-18(37)12-23(38)19(20)7-10-35(27,43)26(40)15-32(28,4)21(22)8-9-33(30,36)5/h11-13,16-17,21,25-31,37-38,40-44H,7-10,14-15H2,1-6H3/t17-,21-,25-,26-,27+,28+,29-,30-,31-,32+,33+,34+,35-,36+/m0/s1. The van der Waals surface area contributed by atoms with Crippen LogP contribution in [0.25, 0.3) is 0 Å². The zero-order chi connectivity index (χ0) is 32.8. The number of ether oxygens (including phenoxy) is 1. The first kappa shape index (κ1) is 31.6. The second-order valence-electron chi connectivity index (χ2n) is 16.7. The molecule has 1 aromatic rings. The number of carbonyl (C=O) groups is 1. The first-order valence-corrected chi connectivity index (χ1v) is 16.8. The molecule has 7 N–H and O–H groups in total. The molecule has 9 nitrogen and oxygen atoms in total. The largest absolute Gasteiger partial charge is 0.508 e. The highest BCUT2D eigenvalue weighted by atomic mass is 16.5. The first-order valence-electron chi connectivity index (χ1n) is 16.8. The molecular formula is C36H50O9. The Morgan fingerprint density at radius 1 is 0.978 bits per heavy atom. The van der Waals surface area contributed by atoms with E-state index in [1.54, 1.807) is 13.0 Å². The van der Waals surface area contributed by atoms with Crippen molar-refractivity contribution in [3.63, 3.8) is 0 Å². The Morgan fingerprint density at radius 3 is 2.33 bits per heavy atom. The number of allylic oxidation sites excluding steroid dienone is 1. The lowest BCUT2D eigenvalue weighted by atomic mass is 9.41. The van der Waals surface area contributed by atoms with Gasteiger partial charge in [0.1, 0.15) is 17.6 Å². The van der Waals surface area contributed by atoms with E-state index in [9.17, 15) is 40.5 Å². The van der Waals surface area contributed by atoms with Crippen LogP contribution in [0, 0.1) is 40.4 Å². The molecule has 7 rings (SSSR count). The van der Waals surface area contributed by atoms with Crippen LogP contribution in [0.4, 0.5) is 0 Å². The van der Waals surface area contributed by atoms with Gasteiger partial charge in [0, 0.05) is 35.7 Å². The highest BCUT2D eigenvalue weighted by molar-refractivity contribution is 5.96. The molecule has 6 aliphatic rings. The van der Waals surface area contributed by atoms with Gasteiger partial charge in [-0.3, -0.25) is 4.79 Å². The van der Waals surface area contributed by atoms with Gasteiger partial charge < -0.3 is 40.5 Å². The molecule has 5 aliphatic carbocycles. The molecule has 45 heavy (non-hydrogen) atoms. The van der Waals surface area contributed by atoms with Crippen molar-refractivity contribution in [3.05, 3.63) is 34.9 Å². The van der Waals surface area contributed by atoms with Crippen LogP contribution >= 0.6 is 0 Å². The van der Waals surface area contributed by atoms with Gasteiger partial charge in [0.25, 0.3) is 0 Å². The zero-order valence-electron chi connectivity index (χ0n) is 27.2. The number of aromatic hydroxyl groups is 2. The minimum Gasteiger partial charge on any atom is -0.508 e. The summed E-state index contributed by atoms with van der Waals surface area (Å²) in [4.78, 5) is 14.4. The van der Waals surface area contributed by atoms with Crippen molar-refractivity contribution in [2.45, 2.75) is 127 Å². The van der Waals surface area contributed by atoms with E-state index in [0.717, 1.165) is 0 Å². The number of aliphatic hydroxyl groups is 5. The third-order valence-corrected chi connectivity index (χ3v) is 14.3. The van der Waals surface area contributed by atoms with Crippen LogP contribution in [0.1, 0.15) is 90.7 Å². The normalized spacial score (nSPS) is 49.6. The molecule has 1 saturated heterocycles. The topological polar surface area (TPSA) is 168 Å². The van der Waals surface area contributed by atoms with Crippen LogP contribution in [-0.2, 0) is 16.0 Å².